The van der Waals surface area contributed by atoms with E-state index in [-0.39, 0.29) is 5.82 Å². The van der Waals surface area contributed by atoms with Crippen molar-refractivity contribution in [1.82, 2.24) is 0 Å². The zero-order valence-corrected chi connectivity index (χ0v) is 13.2. The van der Waals surface area contributed by atoms with Gasteiger partial charge in [-0.1, -0.05) is 12.1 Å². The van der Waals surface area contributed by atoms with Gasteiger partial charge in [0.2, 0.25) is 0 Å². The Balaban J connectivity index is 1.83. The molecule has 0 unspecified atom stereocenters. The van der Waals surface area contributed by atoms with Crippen molar-refractivity contribution in [2.24, 2.45) is 0 Å². The molecule has 2 aromatic rings. The van der Waals surface area contributed by atoms with Crippen LogP contribution in [0, 0.1) is 5.82 Å². The molecule has 2 rings (SSSR count). The minimum Gasteiger partial charge on any atom is -0.491 e. The van der Waals surface area contributed by atoms with Gasteiger partial charge in [0.05, 0.1) is 4.47 Å². The molecule has 0 spiro atoms. The summed E-state index contributed by atoms with van der Waals surface area (Å²) in [4.78, 5) is 0. The largest absolute Gasteiger partial charge is 0.491 e. The first-order valence-corrected chi connectivity index (χ1v) is 7.31. The topological polar surface area (TPSA) is 21.3 Å². The van der Waals surface area contributed by atoms with Gasteiger partial charge in [0.25, 0.3) is 0 Å². The lowest BCUT2D eigenvalue weighted by Crippen LogP contribution is -2.11. The number of halogens is 3. The minimum absolute atomic E-state index is 0.287. The first-order chi connectivity index (χ1) is 9.16. The number of nitrogens with one attached hydrogen (secondary N) is 1. The van der Waals surface area contributed by atoms with Crippen LogP contribution in [0.15, 0.2) is 51.4 Å². The first kappa shape index (κ1) is 14.3. The third kappa shape index (κ3) is 4.21. The quantitative estimate of drug-likeness (QED) is 0.740. The van der Waals surface area contributed by atoms with Crippen molar-refractivity contribution < 1.29 is 9.13 Å². The molecule has 100 valence electrons. The fourth-order valence-electron chi connectivity index (χ4n) is 1.54. The normalized spacial score (nSPS) is 10.3. The summed E-state index contributed by atoms with van der Waals surface area (Å²) in [7, 11) is 0. The van der Waals surface area contributed by atoms with Crippen LogP contribution in [-0.4, -0.2) is 13.2 Å². The molecule has 19 heavy (non-hydrogen) atoms. The summed E-state index contributed by atoms with van der Waals surface area (Å²) >= 11 is 6.72. The molecule has 0 aromatic heterocycles. The van der Waals surface area contributed by atoms with Crippen LogP contribution < -0.4 is 10.1 Å². The number of hydrogen-bond acceptors (Lipinski definition) is 2. The van der Waals surface area contributed by atoms with E-state index >= 15 is 0 Å². The highest BCUT2D eigenvalue weighted by atomic mass is 79.9. The van der Waals surface area contributed by atoms with Crippen LogP contribution in [0.1, 0.15) is 0 Å². The molecule has 2 aromatic carbocycles. The van der Waals surface area contributed by atoms with E-state index in [4.69, 9.17) is 4.74 Å². The molecular formula is C14H12Br2FNO. The molecule has 0 radical (unpaired) electrons. The van der Waals surface area contributed by atoms with Gasteiger partial charge in [-0.15, -0.1) is 0 Å². The summed E-state index contributed by atoms with van der Waals surface area (Å²) in [5.74, 6) is 0.348. The molecule has 0 aliphatic rings. The predicted octanol–water partition coefficient (Wildman–Crippen LogP) is 4.84. The van der Waals surface area contributed by atoms with Gasteiger partial charge in [-0.2, -0.15) is 0 Å². The fraction of sp³-hybridized carbons (Fsp3) is 0.143. The number of ether oxygens (including phenoxy) is 1. The molecule has 0 bridgehead atoms. The molecule has 0 aliphatic carbocycles. The monoisotopic (exact) mass is 387 g/mol. The summed E-state index contributed by atoms with van der Waals surface area (Å²) in [6.45, 7) is 1.15. The van der Waals surface area contributed by atoms with Gasteiger partial charge in [-0.3, -0.25) is 0 Å². The number of benzene rings is 2. The molecule has 1 N–H and O–H groups in total. The van der Waals surface area contributed by atoms with Crippen molar-refractivity contribution in [2.45, 2.75) is 0 Å². The lowest BCUT2D eigenvalue weighted by atomic mass is 10.3. The molecule has 0 saturated heterocycles. The molecule has 0 atom stereocenters. The second-order valence-corrected chi connectivity index (χ2v) is 5.54. The average molecular weight is 389 g/mol. The molecule has 5 heteroatoms. The van der Waals surface area contributed by atoms with Crippen LogP contribution in [0.4, 0.5) is 10.1 Å². The van der Waals surface area contributed by atoms with E-state index in [0.717, 1.165) is 10.2 Å². The molecular weight excluding hydrogens is 377 g/mol. The Morgan fingerprint density at radius 1 is 1.05 bits per heavy atom. The Kier molecular flexibility index (Phi) is 5.22. The Morgan fingerprint density at radius 2 is 1.84 bits per heavy atom. The summed E-state index contributed by atoms with van der Waals surface area (Å²) in [5.41, 5.74) is 1.02. The molecule has 0 fully saturated rings. The van der Waals surface area contributed by atoms with Gasteiger partial charge < -0.3 is 10.1 Å². The van der Waals surface area contributed by atoms with E-state index < -0.39 is 0 Å². The number of hydrogen-bond donors (Lipinski definition) is 1. The highest BCUT2D eigenvalue weighted by Crippen LogP contribution is 2.25. The number of anilines is 1. The average Bonchev–Trinajstić information content (AvgIpc) is 2.38. The standard InChI is InChI=1S/C14H12Br2FNO/c15-11-3-1-2-4-13(11)18-7-8-19-14-6-5-10(17)9-12(14)16/h1-6,9,18H,7-8H2. The van der Waals surface area contributed by atoms with E-state index in [0.29, 0.717) is 23.4 Å². The van der Waals surface area contributed by atoms with Crippen molar-refractivity contribution in [1.29, 1.82) is 0 Å². The minimum atomic E-state index is -0.287. The van der Waals surface area contributed by atoms with Crippen LogP contribution in [0.2, 0.25) is 0 Å². The van der Waals surface area contributed by atoms with Crippen molar-refractivity contribution in [3.63, 3.8) is 0 Å². The Bertz CT molecular complexity index is 563. The maximum Gasteiger partial charge on any atom is 0.133 e. The summed E-state index contributed by atoms with van der Waals surface area (Å²) < 4.78 is 20.1. The predicted molar refractivity (Wildman–Crippen MR) is 82.2 cm³/mol. The van der Waals surface area contributed by atoms with Gasteiger partial charge >= 0.3 is 0 Å². The maximum absolute atomic E-state index is 12.9. The zero-order valence-electron chi connectivity index (χ0n) is 10.00. The van der Waals surface area contributed by atoms with Crippen LogP contribution in [0.3, 0.4) is 0 Å². The number of para-hydroxylation sites is 1. The van der Waals surface area contributed by atoms with Gasteiger partial charge in [-0.25, -0.2) is 4.39 Å². The Morgan fingerprint density at radius 3 is 2.58 bits per heavy atom. The zero-order chi connectivity index (χ0) is 13.7. The van der Waals surface area contributed by atoms with Crippen molar-refractivity contribution in [3.8, 4) is 5.75 Å². The van der Waals surface area contributed by atoms with Crippen molar-refractivity contribution >= 4 is 37.5 Å². The highest BCUT2D eigenvalue weighted by molar-refractivity contribution is 9.11. The van der Waals surface area contributed by atoms with Gasteiger partial charge in [0, 0.05) is 16.7 Å². The summed E-state index contributed by atoms with van der Waals surface area (Å²) in [6, 6.07) is 12.2. The molecule has 0 aliphatic heterocycles. The van der Waals surface area contributed by atoms with E-state index in [9.17, 15) is 4.39 Å². The number of rotatable bonds is 5. The Labute approximate surface area is 128 Å². The van der Waals surface area contributed by atoms with E-state index in [1.54, 1.807) is 6.07 Å². The molecule has 0 amide bonds. The second-order valence-electron chi connectivity index (χ2n) is 3.83. The maximum atomic E-state index is 12.9. The SMILES string of the molecule is Fc1ccc(OCCNc2ccccc2Br)c(Br)c1. The second kappa shape index (κ2) is 6.91. The van der Waals surface area contributed by atoms with Gasteiger partial charge in [-0.05, 0) is 62.2 Å². The van der Waals surface area contributed by atoms with E-state index in [1.165, 1.54) is 12.1 Å². The Hall–Kier alpha value is -1.07. The third-order valence-electron chi connectivity index (χ3n) is 2.44. The van der Waals surface area contributed by atoms with Crippen LogP contribution in [0.25, 0.3) is 0 Å². The highest BCUT2D eigenvalue weighted by Gasteiger charge is 2.02. The lowest BCUT2D eigenvalue weighted by molar-refractivity contribution is 0.330. The van der Waals surface area contributed by atoms with Crippen LogP contribution >= 0.6 is 31.9 Å². The molecule has 0 heterocycles. The molecule has 0 saturated carbocycles. The van der Waals surface area contributed by atoms with Gasteiger partial charge in [0.1, 0.15) is 18.2 Å². The first-order valence-electron chi connectivity index (χ1n) is 5.73. The fourth-order valence-corrected chi connectivity index (χ4v) is 2.43. The van der Waals surface area contributed by atoms with Crippen molar-refractivity contribution in [3.05, 3.63) is 57.2 Å². The van der Waals surface area contributed by atoms with Gasteiger partial charge in [0.15, 0.2) is 0 Å². The lowest BCUT2D eigenvalue weighted by Gasteiger charge is -2.10. The van der Waals surface area contributed by atoms with Crippen LogP contribution in [0.5, 0.6) is 5.75 Å². The molecule has 2 nitrogen and oxygen atoms in total. The smallest absolute Gasteiger partial charge is 0.133 e. The van der Waals surface area contributed by atoms with Crippen LogP contribution in [-0.2, 0) is 0 Å². The summed E-state index contributed by atoms with van der Waals surface area (Å²) in [5, 5.41) is 3.25. The summed E-state index contributed by atoms with van der Waals surface area (Å²) in [6.07, 6.45) is 0. The van der Waals surface area contributed by atoms with Crippen molar-refractivity contribution in [2.75, 3.05) is 18.5 Å². The van der Waals surface area contributed by atoms with E-state index in [2.05, 4.69) is 37.2 Å². The van der Waals surface area contributed by atoms with E-state index in [1.807, 2.05) is 24.3 Å². The third-order valence-corrected chi connectivity index (χ3v) is 3.75.